The van der Waals surface area contributed by atoms with Crippen LogP contribution in [-0.4, -0.2) is 24.5 Å². The first-order chi connectivity index (χ1) is 10.5. The number of nitrogens with zero attached hydrogens (tertiary/aromatic N) is 1. The van der Waals surface area contributed by atoms with Gasteiger partial charge < -0.3 is 9.64 Å². The van der Waals surface area contributed by atoms with Gasteiger partial charge in [-0.3, -0.25) is 4.79 Å². The number of likely N-dealkylation sites (N-methyl/N-ethyl adjacent to an activating group) is 1. The maximum atomic E-state index is 12.3. The average molecular weight is 362 g/mol. The minimum Gasteiger partial charge on any atom is -0.484 e. The van der Waals surface area contributed by atoms with Gasteiger partial charge in [0.1, 0.15) is 5.75 Å². The molecule has 0 bridgehead atoms. The first-order valence-corrected chi connectivity index (χ1v) is 7.97. The van der Waals surface area contributed by atoms with E-state index in [1.165, 1.54) is 5.56 Å². The van der Waals surface area contributed by atoms with Gasteiger partial charge in [-0.2, -0.15) is 0 Å². The standard InChI is InChI=1S/C18H20BrNO2/c1-13-4-6-15(7-5-13)14(2)20(3)18(21)12-22-17-10-8-16(19)9-11-17/h4-11,14H,12H2,1-3H3. The first-order valence-electron chi connectivity index (χ1n) is 7.18. The molecule has 0 heterocycles. The number of benzene rings is 2. The van der Waals surface area contributed by atoms with Gasteiger partial charge in [-0.25, -0.2) is 0 Å². The summed E-state index contributed by atoms with van der Waals surface area (Å²) in [5.74, 6) is 0.643. The summed E-state index contributed by atoms with van der Waals surface area (Å²) in [6.45, 7) is 4.10. The normalized spacial score (nSPS) is 11.8. The van der Waals surface area contributed by atoms with Crippen LogP contribution >= 0.6 is 15.9 Å². The highest BCUT2D eigenvalue weighted by Crippen LogP contribution is 2.20. The van der Waals surface area contributed by atoms with Crippen LogP contribution in [-0.2, 0) is 4.79 Å². The fourth-order valence-corrected chi connectivity index (χ4v) is 2.33. The molecule has 0 spiro atoms. The SMILES string of the molecule is Cc1ccc(C(C)N(C)C(=O)COc2ccc(Br)cc2)cc1. The third-order valence-corrected chi connectivity index (χ3v) is 4.24. The molecule has 0 saturated carbocycles. The molecule has 2 rings (SSSR count). The molecular formula is C18H20BrNO2. The third kappa shape index (κ3) is 4.34. The van der Waals surface area contributed by atoms with Crippen molar-refractivity contribution in [2.24, 2.45) is 0 Å². The van der Waals surface area contributed by atoms with Crippen molar-refractivity contribution < 1.29 is 9.53 Å². The average Bonchev–Trinajstić information content (AvgIpc) is 2.53. The number of aryl methyl sites for hydroxylation is 1. The number of hydrogen-bond donors (Lipinski definition) is 0. The number of amides is 1. The van der Waals surface area contributed by atoms with E-state index in [-0.39, 0.29) is 18.6 Å². The Balaban J connectivity index is 1.93. The molecule has 4 heteroatoms. The summed E-state index contributed by atoms with van der Waals surface area (Å²) in [6, 6.07) is 15.7. The Morgan fingerprint density at radius 1 is 1.14 bits per heavy atom. The zero-order chi connectivity index (χ0) is 16.1. The molecule has 0 N–H and O–H groups in total. The number of ether oxygens (including phenoxy) is 1. The third-order valence-electron chi connectivity index (χ3n) is 3.71. The van der Waals surface area contributed by atoms with Crippen molar-refractivity contribution in [2.45, 2.75) is 19.9 Å². The van der Waals surface area contributed by atoms with Crippen LogP contribution in [0, 0.1) is 6.92 Å². The van der Waals surface area contributed by atoms with E-state index in [1.54, 1.807) is 11.9 Å². The fraction of sp³-hybridized carbons (Fsp3) is 0.278. The van der Waals surface area contributed by atoms with E-state index < -0.39 is 0 Å². The van der Waals surface area contributed by atoms with Gasteiger partial charge in [0.2, 0.25) is 0 Å². The second-order valence-corrected chi connectivity index (χ2v) is 6.25. The molecule has 0 fully saturated rings. The molecule has 0 aromatic heterocycles. The van der Waals surface area contributed by atoms with Crippen LogP contribution in [0.4, 0.5) is 0 Å². The second-order valence-electron chi connectivity index (χ2n) is 5.33. The molecule has 0 radical (unpaired) electrons. The van der Waals surface area contributed by atoms with Gasteiger partial charge in [-0.05, 0) is 43.7 Å². The van der Waals surface area contributed by atoms with Gasteiger partial charge in [-0.1, -0.05) is 45.8 Å². The summed E-state index contributed by atoms with van der Waals surface area (Å²) in [5, 5.41) is 0. The number of halogens is 1. The maximum absolute atomic E-state index is 12.3. The van der Waals surface area contributed by atoms with Gasteiger partial charge in [-0.15, -0.1) is 0 Å². The smallest absolute Gasteiger partial charge is 0.260 e. The predicted molar refractivity (Wildman–Crippen MR) is 92.0 cm³/mol. The summed E-state index contributed by atoms with van der Waals surface area (Å²) in [4.78, 5) is 14.0. The zero-order valence-electron chi connectivity index (χ0n) is 13.0. The minimum absolute atomic E-state index is 0.0154. The van der Waals surface area contributed by atoms with Crippen molar-refractivity contribution in [3.05, 3.63) is 64.1 Å². The number of hydrogen-bond acceptors (Lipinski definition) is 2. The lowest BCUT2D eigenvalue weighted by atomic mass is 10.1. The largest absolute Gasteiger partial charge is 0.484 e. The first kappa shape index (κ1) is 16.6. The molecule has 1 atom stereocenters. The second kappa shape index (κ2) is 7.45. The van der Waals surface area contributed by atoms with Crippen LogP contribution in [0.1, 0.15) is 24.1 Å². The highest BCUT2D eigenvalue weighted by atomic mass is 79.9. The lowest BCUT2D eigenvalue weighted by Crippen LogP contribution is -2.33. The van der Waals surface area contributed by atoms with Crippen LogP contribution in [0.5, 0.6) is 5.75 Å². The molecule has 2 aromatic rings. The van der Waals surface area contributed by atoms with Crippen molar-refractivity contribution in [2.75, 3.05) is 13.7 Å². The van der Waals surface area contributed by atoms with E-state index in [0.717, 1.165) is 10.0 Å². The molecule has 0 aliphatic heterocycles. The summed E-state index contributed by atoms with van der Waals surface area (Å²) in [7, 11) is 1.80. The summed E-state index contributed by atoms with van der Waals surface area (Å²) < 4.78 is 6.52. The predicted octanol–water partition coefficient (Wildman–Crippen LogP) is 4.36. The maximum Gasteiger partial charge on any atom is 0.260 e. The van der Waals surface area contributed by atoms with Crippen molar-refractivity contribution in [3.63, 3.8) is 0 Å². The van der Waals surface area contributed by atoms with E-state index in [2.05, 4.69) is 47.1 Å². The van der Waals surface area contributed by atoms with Crippen LogP contribution in [0.2, 0.25) is 0 Å². The van der Waals surface area contributed by atoms with Gasteiger partial charge in [0, 0.05) is 11.5 Å². The quantitative estimate of drug-likeness (QED) is 0.791. The Morgan fingerprint density at radius 2 is 1.73 bits per heavy atom. The van der Waals surface area contributed by atoms with Gasteiger partial charge >= 0.3 is 0 Å². The van der Waals surface area contributed by atoms with E-state index in [4.69, 9.17) is 4.74 Å². The van der Waals surface area contributed by atoms with Crippen molar-refractivity contribution >= 4 is 21.8 Å². The molecule has 2 aromatic carbocycles. The number of rotatable bonds is 5. The van der Waals surface area contributed by atoms with Crippen molar-refractivity contribution in [1.82, 2.24) is 4.90 Å². The van der Waals surface area contributed by atoms with Crippen molar-refractivity contribution in [1.29, 1.82) is 0 Å². The molecular weight excluding hydrogens is 342 g/mol. The van der Waals surface area contributed by atoms with Crippen LogP contribution < -0.4 is 4.74 Å². The van der Waals surface area contributed by atoms with Gasteiger partial charge in [0.15, 0.2) is 6.61 Å². The van der Waals surface area contributed by atoms with E-state index in [0.29, 0.717) is 5.75 Å². The topological polar surface area (TPSA) is 29.5 Å². The van der Waals surface area contributed by atoms with Crippen LogP contribution in [0.3, 0.4) is 0 Å². The Morgan fingerprint density at radius 3 is 2.32 bits per heavy atom. The molecule has 0 aliphatic carbocycles. The Labute approximate surface area is 140 Å². The lowest BCUT2D eigenvalue weighted by Gasteiger charge is -2.25. The minimum atomic E-state index is -0.0454. The molecule has 1 unspecified atom stereocenters. The molecule has 3 nitrogen and oxygen atoms in total. The number of carbonyl (C=O) groups is 1. The van der Waals surface area contributed by atoms with E-state index in [1.807, 2.05) is 31.2 Å². The lowest BCUT2D eigenvalue weighted by molar-refractivity contribution is -0.134. The zero-order valence-corrected chi connectivity index (χ0v) is 14.6. The highest BCUT2D eigenvalue weighted by Gasteiger charge is 2.17. The van der Waals surface area contributed by atoms with E-state index >= 15 is 0 Å². The van der Waals surface area contributed by atoms with Crippen molar-refractivity contribution in [3.8, 4) is 5.75 Å². The molecule has 0 aliphatic rings. The molecule has 1 amide bonds. The van der Waals surface area contributed by atoms with Gasteiger partial charge in [0.25, 0.3) is 5.91 Å². The molecule has 22 heavy (non-hydrogen) atoms. The molecule has 0 saturated heterocycles. The monoisotopic (exact) mass is 361 g/mol. The van der Waals surface area contributed by atoms with E-state index in [9.17, 15) is 4.79 Å². The van der Waals surface area contributed by atoms with Gasteiger partial charge in [0.05, 0.1) is 6.04 Å². The fourth-order valence-electron chi connectivity index (χ4n) is 2.06. The Hall–Kier alpha value is -1.81. The highest BCUT2D eigenvalue weighted by molar-refractivity contribution is 9.10. The van der Waals surface area contributed by atoms with Crippen LogP contribution in [0.25, 0.3) is 0 Å². The Bertz CT molecular complexity index is 623. The molecule has 116 valence electrons. The van der Waals surface area contributed by atoms with Crippen LogP contribution in [0.15, 0.2) is 53.0 Å². The Kier molecular flexibility index (Phi) is 5.61. The summed E-state index contributed by atoms with van der Waals surface area (Å²) in [5.41, 5.74) is 2.33. The summed E-state index contributed by atoms with van der Waals surface area (Å²) >= 11 is 3.37. The number of carbonyl (C=O) groups excluding carboxylic acids is 1. The summed E-state index contributed by atoms with van der Waals surface area (Å²) in [6.07, 6.45) is 0.